The average molecular weight is 564 g/mol. The number of aryl methyl sites for hydroxylation is 6. The molecular weight excluding hydrogens is 528 g/mol. The summed E-state index contributed by atoms with van der Waals surface area (Å²) < 4.78 is 62.0. The van der Waals surface area contributed by atoms with Crippen molar-refractivity contribution < 1.29 is 21.5 Å². The first-order chi connectivity index (χ1) is 19.0. The second-order valence-corrected chi connectivity index (χ2v) is 12.1. The molecule has 0 saturated carbocycles. The predicted molar refractivity (Wildman–Crippen MR) is 158 cm³/mol. The van der Waals surface area contributed by atoms with Gasteiger partial charge < -0.3 is 0 Å². The summed E-state index contributed by atoms with van der Waals surface area (Å²) >= 11 is 0. The topological polar surface area (TPSA) is 55.7 Å². The molecule has 2 unspecified atom stereocenters. The average Bonchev–Trinajstić information content (AvgIpc) is 2.89. The van der Waals surface area contributed by atoms with E-state index in [1.807, 2.05) is 84.0 Å². The van der Waals surface area contributed by atoms with Gasteiger partial charge in [0, 0.05) is 0 Å². The lowest BCUT2D eigenvalue weighted by atomic mass is 9.78. The number of benzene rings is 4. The molecule has 210 valence electrons. The van der Waals surface area contributed by atoms with Crippen LogP contribution in [-0.2, 0) is 14.4 Å². The Morgan fingerprint density at radius 3 is 1.60 bits per heavy atom. The van der Waals surface area contributed by atoms with Crippen LogP contribution in [0.2, 0.25) is 0 Å². The van der Waals surface area contributed by atoms with Crippen LogP contribution in [0.3, 0.4) is 0 Å². The smallest absolute Gasteiger partial charge is 0.265 e. The van der Waals surface area contributed by atoms with Crippen molar-refractivity contribution >= 4 is 26.6 Å². The molecule has 0 aromatic heterocycles. The van der Waals surface area contributed by atoms with Crippen LogP contribution in [0.15, 0.2) is 76.8 Å². The first-order valence-corrected chi connectivity index (χ1v) is 14.6. The molecule has 0 saturated heterocycles. The molecule has 0 aliphatic heterocycles. The van der Waals surface area contributed by atoms with Crippen molar-refractivity contribution in [2.45, 2.75) is 58.3 Å². The number of oxime groups is 1. The predicted octanol–water partition coefficient (Wildman–Crippen LogP) is 8.26. The van der Waals surface area contributed by atoms with Gasteiger partial charge >= 0.3 is 10.1 Å². The second kappa shape index (κ2) is 11.9. The third-order valence-corrected chi connectivity index (χ3v) is 8.55. The Hall–Kier alpha value is -3.58. The Morgan fingerprint density at radius 1 is 0.700 bits per heavy atom. The van der Waals surface area contributed by atoms with Gasteiger partial charge in [0.2, 0.25) is 0 Å². The summed E-state index contributed by atoms with van der Waals surface area (Å²) in [6.07, 6.45) is 0. The number of fused-ring (bicyclic) bond motifs is 1. The van der Waals surface area contributed by atoms with E-state index >= 15 is 8.78 Å². The van der Waals surface area contributed by atoms with Crippen molar-refractivity contribution in [3.63, 3.8) is 0 Å². The molecule has 4 aromatic carbocycles. The molecule has 7 heteroatoms. The van der Waals surface area contributed by atoms with Crippen LogP contribution in [0.5, 0.6) is 0 Å². The van der Waals surface area contributed by atoms with Gasteiger partial charge in [-0.15, -0.1) is 0 Å². The summed E-state index contributed by atoms with van der Waals surface area (Å²) in [4.78, 5) is -0.0895. The first-order valence-electron chi connectivity index (χ1n) is 13.2. The van der Waals surface area contributed by atoms with Crippen molar-refractivity contribution in [2.24, 2.45) is 5.16 Å². The maximum absolute atomic E-state index is 15.0. The maximum atomic E-state index is 15.0. The Balaban J connectivity index is 1.89. The zero-order chi connectivity index (χ0) is 29.2. The molecule has 0 amide bonds. The Kier molecular flexibility index (Phi) is 8.74. The largest absolute Gasteiger partial charge is 0.358 e. The highest BCUT2D eigenvalue weighted by Crippen LogP contribution is 2.36. The molecule has 0 N–H and O–H groups in total. The van der Waals surface area contributed by atoms with Crippen LogP contribution in [0, 0.1) is 41.5 Å². The van der Waals surface area contributed by atoms with Crippen molar-refractivity contribution in [1.29, 1.82) is 0 Å². The van der Waals surface area contributed by atoms with Gasteiger partial charge in [0.15, 0.2) is 0 Å². The molecule has 40 heavy (non-hydrogen) atoms. The molecule has 0 aliphatic rings. The van der Waals surface area contributed by atoms with E-state index in [0.29, 0.717) is 11.1 Å². The lowest BCUT2D eigenvalue weighted by Crippen LogP contribution is -2.27. The monoisotopic (exact) mass is 563 g/mol. The van der Waals surface area contributed by atoms with Crippen LogP contribution in [0.4, 0.5) is 8.78 Å². The van der Waals surface area contributed by atoms with Gasteiger partial charge in [-0.05, 0) is 97.8 Å². The van der Waals surface area contributed by atoms with E-state index in [0.717, 1.165) is 44.2 Å². The lowest BCUT2D eigenvalue weighted by molar-refractivity contribution is 0.329. The molecule has 2 atom stereocenters. The molecule has 0 fully saturated rings. The molecule has 4 aromatic rings. The highest BCUT2D eigenvalue weighted by Gasteiger charge is 2.33. The molecule has 0 radical (unpaired) electrons. The highest BCUT2D eigenvalue weighted by atomic mass is 32.2. The van der Waals surface area contributed by atoms with Gasteiger partial charge in [0.25, 0.3) is 0 Å². The van der Waals surface area contributed by atoms with E-state index in [-0.39, 0.29) is 10.6 Å². The van der Waals surface area contributed by atoms with Gasteiger partial charge in [-0.2, -0.15) is 8.42 Å². The van der Waals surface area contributed by atoms with E-state index < -0.39 is 35.3 Å². The first kappa shape index (κ1) is 29.4. The lowest BCUT2D eigenvalue weighted by Gasteiger charge is -2.27. The molecule has 0 aliphatic carbocycles. The highest BCUT2D eigenvalue weighted by molar-refractivity contribution is 7.86. The van der Waals surface area contributed by atoms with Crippen molar-refractivity contribution in [2.75, 3.05) is 13.3 Å². The summed E-state index contributed by atoms with van der Waals surface area (Å²) in [6.45, 7) is 9.58. The summed E-state index contributed by atoms with van der Waals surface area (Å²) in [5, 5.41) is 5.70. The van der Waals surface area contributed by atoms with Crippen molar-refractivity contribution in [1.82, 2.24) is 0 Å². The molecular formula is C33H35F2NO3S. The number of rotatable bonds is 9. The third kappa shape index (κ3) is 5.94. The van der Waals surface area contributed by atoms with Gasteiger partial charge in [-0.1, -0.05) is 70.9 Å². The Morgan fingerprint density at radius 2 is 1.15 bits per heavy atom. The Bertz CT molecular complexity index is 1580. The zero-order valence-corrected chi connectivity index (χ0v) is 24.6. The van der Waals surface area contributed by atoms with Crippen LogP contribution < -0.4 is 0 Å². The normalized spacial score (nSPS) is 13.2. The minimum Gasteiger partial charge on any atom is -0.265 e. The van der Waals surface area contributed by atoms with E-state index in [9.17, 15) is 8.42 Å². The van der Waals surface area contributed by atoms with Crippen LogP contribution in [-0.4, -0.2) is 27.5 Å². The van der Waals surface area contributed by atoms with Gasteiger partial charge in [0.1, 0.15) is 18.2 Å². The molecule has 0 bridgehead atoms. The number of alkyl halides is 2. The second-order valence-electron chi connectivity index (χ2n) is 10.6. The number of hydrogen-bond donors (Lipinski definition) is 0. The van der Waals surface area contributed by atoms with Gasteiger partial charge in [-0.25, -0.2) is 0 Å². The quantitative estimate of drug-likeness (QED) is 0.152. The van der Waals surface area contributed by atoms with Crippen molar-refractivity contribution in [3.8, 4) is 0 Å². The number of halogens is 2. The molecule has 0 spiro atoms. The number of nitrogens with zero attached hydrogens (tertiary/aromatic N) is 1. The minimum atomic E-state index is -4.38. The summed E-state index contributed by atoms with van der Waals surface area (Å²) in [5.41, 5.74) is 6.61. The maximum Gasteiger partial charge on any atom is 0.358 e. The van der Waals surface area contributed by atoms with Crippen LogP contribution in [0.25, 0.3) is 10.8 Å². The SMILES string of the molecule is Cc1cc(C)c(C(CF)C(=NOS(=O)(=O)c2ccc3ccccc3c2)C(CF)c2c(C)cc(C)cc2C)c(C)c1. The summed E-state index contributed by atoms with van der Waals surface area (Å²) in [6, 6.07) is 19.7. The minimum absolute atomic E-state index is 0.000490. The van der Waals surface area contributed by atoms with Gasteiger partial charge in [-0.3, -0.25) is 13.1 Å². The van der Waals surface area contributed by atoms with Gasteiger partial charge in [0.05, 0.1) is 17.5 Å². The van der Waals surface area contributed by atoms with Crippen LogP contribution >= 0.6 is 0 Å². The van der Waals surface area contributed by atoms with E-state index in [1.54, 1.807) is 12.1 Å². The summed E-state index contributed by atoms with van der Waals surface area (Å²) in [5.74, 6) is -2.01. The van der Waals surface area contributed by atoms with E-state index in [1.165, 1.54) is 12.1 Å². The summed E-state index contributed by atoms with van der Waals surface area (Å²) in [7, 11) is -4.38. The third-order valence-electron chi connectivity index (χ3n) is 7.45. The fourth-order valence-corrected chi connectivity index (χ4v) is 6.69. The molecule has 4 nitrogen and oxygen atoms in total. The van der Waals surface area contributed by atoms with Crippen LogP contribution in [0.1, 0.15) is 56.3 Å². The van der Waals surface area contributed by atoms with E-state index in [2.05, 4.69) is 5.16 Å². The standard InChI is InChI=1S/C33H35F2NO3S/c1-20-13-22(3)31(23(4)14-20)29(18-34)33(30(19-35)32-24(5)15-21(2)16-25(32)6)36-39-40(37,38)28-12-11-26-9-7-8-10-27(26)17-28/h7-17,29-30H,18-19H2,1-6H3. The van der Waals surface area contributed by atoms with E-state index in [4.69, 9.17) is 4.28 Å². The fourth-order valence-electron chi connectivity index (χ4n) is 5.92. The zero-order valence-electron chi connectivity index (χ0n) is 23.8. The van der Waals surface area contributed by atoms with Crippen molar-refractivity contribution in [3.05, 3.63) is 111 Å². The fraction of sp³-hybridized carbons (Fsp3) is 0.303. The molecule has 4 rings (SSSR count). The Labute approximate surface area is 235 Å². The number of hydrogen-bond acceptors (Lipinski definition) is 4. The molecule has 0 heterocycles.